The lowest BCUT2D eigenvalue weighted by molar-refractivity contribution is -0.102. The van der Waals surface area contributed by atoms with Crippen molar-refractivity contribution < 1.29 is 8.78 Å². The first kappa shape index (κ1) is 10.9. The molecule has 0 aliphatic heterocycles. The highest BCUT2D eigenvalue weighted by molar-refractivity contribution is 4.84. The molecule has 0 nitrogen and oxygen atoms in total. The Bertz CT molecular complexity index is 161. The molecule has 1 saturated carbocycles. The molecule has 1 aliphatic rings. The molecule has 0 heterocycles. The summed E-state index contributed by atoms with van der Waals surface area (Å²) in [6.07, 6.45) is 2.19. The van der Waals surface area contributed by atoms with E-state index in [9.17, 15) is 8.78 Å². The van der Waals surface area contributed by atoms with E-state index in [1.54, 1.807) is 0 Å². The Hall–Kier alpha value is -0.140. The van der Waals surface area contributed by atoms with Crippen molar-refractivity contribution in [2.45, 2.75) is 52.4 Å². The van der Waals surface area contributed by atoms with Crippen molar-refractivity contribution in [1.82, 2.24) is 0 Å². The van der Waals surface area contributed by atoms with Gasteiger partial charge in [-0.1, -0.05) is 20.8 Å². The lowest BCUT2D eigenvalue weighted by atomic mass is 9.76. The molecule has 78 valence electrons. The maximum absolute atomic E-state index is 13.4. The maximum Gasteiger partial charge on any atom is 0.250 e. The average Bonchev–Trinajstić information content (AvgIpc) is 1.97. The van der Waals surface area contributed by atoms with E-state index in [4.69, 9.17) is 0 Å². The molecule has 0 bridgehead atoms. The minimum atomic E-state index is -2.39. The van der Waals surface area contributed by atoms with E-state index >= 15 is 0 Å². The zero-order valence-electron chi connectivity index (χ0n) is 8.82. The van der Waals surface area contributed by atoms with Crippen LogP contribution in [-0.2, 0) is 0 Å². The van der Waals surface area contributed by atoms with Crippen LogP contribution in [-0.4, -0.2) is 5.92 Å². The van der Waals surface area contributed by atoms with E-state index in [2.05, 4.69) is 6.92 Å². The van der Waals surface area contributed by atoms with Gasteiger partial charge in [-0.25, -0.2) is 8.78 Å². The summed E-state index contributed by atoms with van der Waals surface area (Å²) in [7, 11) is 0. The number of hydrogen-bond donors (Lipinski definition) is 0. The van der Waals surface area contributed by atoms with E-state index in [1.807, 2.05) is 13.8 Å². The highest BCUT2D eigenvalue weighted by Gasteiger charge is 2.43. The first-order chi connectivity index (χ1) is 5.92. The Kier molecular flexibility index (Phi) is 3.31. The third-order valence-electron chi connectivity index (χ3n) is 3.01. The standard InChI is InChI=1S/C11H20F2/c1-8(2)6-10-7-9(3)4-5-11(10,12)13/h8-10H,4-7H2,1-3H3. The normalized spacial score (nSPS) is 33.7. The second-order valence-corrected chi connectivity index (χ2v) is 4.97. The van der Waals surface area contributed by atoms with Crippen LogP contribution in [0.4, 0.5) is 8.78 Å². The molecule has 0 amide bonds. The molecule has 2 unspecified atom stereocenters. The summed E-state index contributed by atoms with van der Waals surface area (Å²) in [5.74, 6) is -1.88. The van der Waals surface area contributed by atoms with Crippen molar-refractivity contribution in [1.29, 1.82) is 0 Å². The van der Waals surface area contributed by atoms with Crippen LogP contribution in [0.2, 0.25) is 0 Å². The van der Waals surface area contributed by atoms with Crippen LogP contribution in [0.1, 0.15) is 46.5 Å². The molecule has 2 atom stereocenters. The Labute approximate surface area is 79.7 Å². The van der Waals surface area contributed by atoms with Gasteiger partial charge >= 0.3 is 0 Å². The first-order valence-corrected chi connectivity index (χ1v) is 5.29. The molecule has 0 saturated heterocycles. The van der Waals surface area contributed by atoms with E-state index in [0.29, 0.717) is 31.1 Å². The quantitative estimate of drug-likeness (QED) is 0.615. The van der Waals surface area contributed by atoms with Gasteiger partial charge in [-0.05, 0) is 31.1 Å². The fourth-order valence-electron chi connectivity index (χ4n) is 2.26. The number of rotatable bonds is 2. The van der Waals surface area contributed by atoms with Gasteiger partial charge in [0.1, 0.15) is 0 Å². The zero-order valence-corrected chi connectivity index (χ0v) is 8.82. The second-order valence-electron chi connectivity index (χ2n) is 4.97. The van der Waals surface area contributed by atoms with Crippen molar-refractivity contribution in [3.63, 3.8) is 0 Å². The molecular weight excluding hydrogens is 170 g/mol. The van der Waals surface area contributed by atoms with Crippen LogP contribution in [0.15, 0.2) is 0 Å². The van der Waals surface area contributed by atoms with Gasteiger partial charge in [0.2, 0.25) is 0 Å². The predicted molar refractivity (Wildman–Crippen MR) is 50.9 cm³/mol. The Morgan fingerprint density at radius 3 is 2.54 bits per heavy atom. The number of alkyl halides is 2. The molecule has 0 spiro atoms. The predicted octanol–water partition coefficient (Wildman–Crippen LogP) is 4.10. The molecular formula is C11H20F2. The highest BCUT2D eigenvalue weighted by Crippen LogP contribution is 2.43. The molecule has 0 aromatic carbocycles. The minimum Gasteiger partial charge on any atom is -0.207 e. The SMILES string of the molecule is CC(C)CC1CC(C)CCC1(F)F. The molecule has 0 aromatic heterocycles. The van der Waals surface area contributed by atoms with Gasteiger partial charge in [-0.15, -0.1) is 0 Å². The summed E-state index contributed by atoms with van der Waals surface area (Å²) in [5.41, 5.74) is 0. The third kappa shape index (κ3) is 2.92. The number of halogens is 2. The summed E-state index contributed by atoms with van der Waals surface area (Å²) < 4.78 is 26.8. The summed E-state index contributed by atoms with van der Waals surface area (Å²) >= 11 is 0. The molecule has 13 heavy (non-hydrogen) atoms. The van der Waals surface area contributed by atoms with Crippen molar-refractivity contribution >= 4 is 0 Å². The minimum absolute atomic E-state index is 0.103. The average molecular weight is 190 g/mol. The summed E-state index contributed by atoms with van der Waals surface area (Å²) in [5, 5.41) is 0. The van der Waals surface area contributed by atoms with E-state index in [1.165, 1.54) is 0 Å². The van der Waals surface area contributed by atoms with Crippen LogP contribution in [0.5, 0.6) is 0 Å². The Morgan fingerprint density at radius 1 is 1.38 bits per heavy atom. The largest absolute Gasteiger partial charge is 0.250 e. The molecule has 0 aromatic rings. The molecule has 0 N–H and O–H groups in total. The zero-order chi connectivity index (χ0) is 10.1. The van der Waals surface area contributed by atoms with Crippen molar-refractivity contribution in [3.8, 4) is 0 Å². The Balaban J connectivity index is 2.56. The van der Waals surface area contributed by atoms with Gasteiger partial charge < -0.3 is 0 Å². The van der Waals surface area contributed by atoms with Gasteiger partial charge in [0, 0.05) is 12.3 Å². The first-order valence-electron chi connectivity index (χ1n) is 5.29. The van der Waals surface area contributed by atoms with Crippen LogP contribution in [0.25, 0.3) is 0 Å². The summed E-state index contributed by atoms with van der Waals surface area (Å²) in [6, 6.07) is 0. The van der Waals surface area contributed by atoms with Gasteiger partial charge in [0.15, 0.2) is 0 Å². The summed E-state index contributed by atoms with van der Waals surface area (Å²) in [4.78, 5) is 0. The van der Waals surface area contributed by atoms with Gasteiger partial charge in [0.25, 0.3) is 5.92 Å². The fourth-order valence-corrected chi connectivity index (χ4v) is 2.26. The van der Waals surface area contributed by atoms with Gasteiger partial charge in [-0.2, -0.15) is 0 Å². The van der Waals surface area contributed by atoms with Gasteiger partial charge in [0.05, 0.1) is 0 Å². The molecule has 1 aliphatic carbocycles. The van der Waals surface area contributed by atoms with E-state index in [0.717, 1.165) is 0 Å². The van der Waals surface area contributed by atoms with E-state index < -0.39 is 5.92 Å². The fraction of sp³-hybridized carbons (Fsp3) is 1.00. The second kappa shape index (κ2) is 3.93. The maximum atomic E-state index is 13.4. The van der Waals surface area contributed by atoms with Crippen LogP contribution in [0.3, 0.4) is 0 Å². The van der Waals surface area contributed by atoms with Crippen LogP contribution < -0.4 is 0 Å². The molecule has 1 fully saturated rings. The third-order valence-corrected chi connectivity index (χ3v) is 3.01. The molecule has 0 radical (unpaired) electrons. The number of hydrogen-bond acceptors (Lipinski definition) is 0. The van der Waals surface area contributed by atoms with Gasteiger partial charge in [-0.3, -0.25) is 0 Å². The van der Waals surface area contributed by atoms with Crippen LogP contribution in [0, 0.1) is 17.8 Å². The smallest absolute Gasteiger partial charge is 0.207 e. The van der Waals surface area contributed by atoms with E-state index in [-0.39, 0.29) is 12.3 Å². The van der Waals surface area contributed by atoms with Crippen molar-refractivity contribution in [3.05, 3.63) is 0 Å². The van der Waals surface area contributed by atoms with Crippen molar-refractivity contribution in [2.24, 2.45) is 17.8 Å². The van der Waals surface area contributed by atoms with Crippen molar-refractivity contribution in [2.75, 3.05) is 0 Å². The molecule has 1 rings (SSSR count). The highest BCUT2D eigenvalue weighted by atomic mass is 19.3. The monoisotopic (exact) mass is 190 g/mol. The summed E-state index contributed by atoms with van der Waals surface area (Å²) in [6.45, 7) is 6.13. The lowest BCUT2D eigenvalue weighted by Crippen LogP contribution is -2.35. The van der Waals surface area contributed by atoms with Crippen LogP contribution >= 0.6 is 0 Å². The topological polar surface area (TPSA) is 0 Å². The molecule has 2 heteroatoms. The lowest BCUT2D eigenvalue weighted by Gasteiger charge is -2.35. The Morgan fingerprint density at radius 2 is 2.00 bits per heavy atom.